The lowest BCUT2D eigenvalue weighted by molar-refractivity contribution is 0.122. The number of hydrogen-bond donors (Lipinski definition) is 1. The first-order chi connectivity index (χ1) is 11.6. The van der Waals surface area contributed by atoms with Gasteiger partial charge in [0.25, 0.3) is 0 Å². The molecule has 1 aliphatic rings. The third-order valence-electron chi connectivity index (χ3n) is 3.66. The topological polar surface area (TPSA) is 62.6 Å². The summed E-state index contributed by atoms with van der Waals surface area (Å²) >= 11 is 12.0. The maximum absolute atomic E-state index is 6.04. The van der Waals surface area contributed by atoms with Crippen molar-refractivity contribution in [2.45, 2.75) is 6.92 Å². The fraction of sp³-hybridized carbons (Fsp3) is 0.312. The van der Waals surface area contributed by atoms with E-state index in [0.717, 1.165) is 30.2 Å². The van der Waals surface area contributed by atoms with E-state index in [0.29, 0.717) is 29.1 Å². The van der Waals surface area contributed by atoms with Crippen LogP contribution < -0.4 is 10.3 Å². The van der Waals surface area contributed by atoms with Crippen LogP contribution in [0.5, 0.6) is 0 Å². The molecule has 0 bridgehead atoms. The van der Waals surface area contributed by atoms with E-state index < -0.39 is 0 Å². The van der Waals surface area contributed by atoms with Crippen LogP contribution in [-0.4, -0.2) is 42.0 Å². The molecule has 2 aromatic rings. The summed E-state index contributed by atoms with van der Waals surface area (Å²) in [6, 6.07) is 7.27. The molecule has 0 aliphatic carbocycles. The predicted molar refractivity (Wildman–Crippen MR) is 97.4 cm³/mol. The van der Waals surface area contributed by atoms with Crippen molar-refractivity contribution < 1.29 is 4.74 Å². The summed E-state index contributed by atoms with van der Waals surface area (Å²) in [6.07, 6.45) is 1.52. The molecule has 0 radical (unpaired) electrons. The number of benzene rings is 1. The highest BCUT2D eigenvalue weighted by atomic mass is 35.5. The molecule has 0 unspecified atom stereocenters. The first-order valence-electron chi connectivity index (χ1n) is 7.54. The Hall–Kier alpha value is -1.89. The second-order valence-corrected chi connectivity index (χ2v) is 6.11. The van der Waals surface area contributed by atoms with Gasteiger partial charge in [-0.3, -0.25) is 5.43 Å². The Morgan fingerprint density at radius 2 is 1.96 bits per heavy atom. The molecule has 2 heterocycles. The third kappa shape index (κ3) is 4.14. The van der Waals surface area contributed by atoms with Crippen LogP contribution in [0.1, 0.15) is 12.5 Å². The van der Waals surface area contributed by atoms with Crippen molar-refractivity contribution in [2.75, 3.05) is 36.6 Å². The van der Waals surface area contributed by atoms with E-state index in [-0.39, 0.29) is 0 Å². The Morgan fingerprint density at radius 3 is 2.71 bits per heavy atom. The van der Waals surface area contributed by atoms with Crippen molar-refractivity contribution in [3.8, 4) is 0 Å². The van der Waals surface area contributed by atoms with Crippen molar-refractivity contribution in [3.63, 3.8) is 0 Å². The van der Waals surface area contributed by atoms with Gasteiger partial charge in [0.2, 0.25) is 0 Å². The maximum Gasteiger partial charge on any atom is 0.151 e. The molecule has 1 fully saturated rings. The minimum absolute atomic E-state index is 0.500. The molecule has 1 N–H and O–H groups in total. The molecule has 1 saturated heterocycles. The minimum atomic E-state index is 0.500. The van der Waals surface area contributed by atoms with Crippen LogP contribution in [0.2, 0.25) is 10.0 Å². The summed E-state index contributed by atoms with van der Waals surface area (Å²) in [7, 11) is 0. The van der Waals surface area contributed by atoms with Crippen molar-refractivity contribution in [1.29, 1.82) is 0 Å². The second kappa shape index (κ2) is 7.79. The molecule has 24 heavy (non-hydrogen) atoms. The normalized spacial score (nSPS) is 15.5. The lowest BCUT2D eigenvalue weighted by Crippen LogP contribution is -2.36. The number of aromatic nitrogens is 2. The Labute approximate surface area is 150 Å². The molecule has 126 valence electrons. The molecular formula is C16H17Cl2N5O. The van der Waals surface area contributed by atoms with Crippen LogP contribution in [-0.2, 0) is 4.74 Å². The highest BCUT2D eigenvalue weighted by Gasteiger charge is 2.13. The summed E-state index contributed by atoms with van der Waals surface area (Å²) in [5.41, 5.74) is 4.63. The summed E-state index contributed by atoms with van der Waals surface area (Å²) in [5, 5.41) is 5.37. The van der Waals surface area contributed by atoms with E-state index in [9.17, 15) is 0 Å². The summed E-state index contributed by atoms with van der Waals surface area (Å²) in [6.45, 7) is 4.95. The number of nitrogens with zero attached hydrogens (tertiary/aromatic N) is 4. The number of hydrazone groups is 1. The number of hydrogen-bond acceptors (Lipinski definition) is 6. The average Bonchev–Trinajstić information content (AvgIpc) is 2.63. The van der Waals surface area contributed by atoms with Crippen molar-refractivity contribution in [1.82, 2.24) is 9.97 Å². The van der Waals surface area contributed by atoms with Gasteiger partial charge >= 0.3 is 0 Å². The van der Waals surface area contributed by atoms with Crippen LogP contribution in [0.3, 0.4) is 0 Å². The maximum atomic E-state index is 6.04. The lowest BCUT2D eigenvalue weighted by Gasteiger charge is -2.27. The van der Waals surface area contributed by atoms with E-state index in [1.54, 1.807) is 12.1 Å². The van der Waals surface area contributed by atoms with Gasteiger partial charge in [0.1, 0.15) is 12.1 Å². The number of morpholine rings is 1. The number of nitrogens with one attached hydrogen (secondary N) is 1. The van der Waals surface area contributed by atoms with E-state index in [4.69, 9.17) is 27.9 Å². The molecule has 1 aromatic heterocycles. The zero-order valence-electron chi connectivity index (χ0n) is 13.2. The minimum Gasteiger partial charge on any atom is -0.378 e. The first kappa shape index (κ1) is 17.0. The quantitative estimate of drug-likeness (QED) is 0.663. The molecule has 3 rings (SSSR count). The molecular weight excluding hydrogens is 349 g/mol. The standard InChI is InChI=1S/C16H17Cl2N5O/c1-11(12-2-3-13(17)14(18)8-12)21-22-15-9-16(20-10-19-15)23-4-6-24-7-5-23/h2-3,8-10H,4-7H2,1H3,(H,19,20,22)/b21-11+. The van der Waals surface area contributed by atoms with Crippen LogP contribution in [0.4, 0.5) is 11.6 Å². The van der Waals surface area contributed by atoms with Gasteiger partial charge in [0.05, 0.1) is 29.0 Å². The molecule has 0 atom stereocenters. The van der Waals surface area contributed by atoms with E-state index in [1.165, 1.54) is 6.33 Å². The lowest BCUT2D eigenvalue weighted by atomic mass is 10.1. The van der Waals surface area contributed by atoms with Crippen LogP contribution in [0, 0.1) is 0 Å². The Balaban J connectivity index is 1.72. The van der Waals surface area contributed by atoms with Crippen LogP contribution in [0.15, 0.2) is 35.7 Å². The van der Waals surface area contributed by atoms with Gasteiger partial charge in [-0.15, -0.1) is 0 Å². The molecule has 0 spiro atoms. The highest BCUT2D eigenvalue weighted by molar-refractivity contribution is 6.42. The predicted octanol–water partition coefficient (Wildman–Crippen LogP) is 3.46. The van der Waals surface area contributed by atoms with Gasteiger partial charge in [-0.25, -0.2) is 9.97 Å². The third-order valence-corrected chi connectivity index (χ3v) is 4.40. The molecule has 6 nitrogen and oxygen atoms in total. The molecule has 0 saturated carbocycles. The fourth-order valence-corrected chi connectivity index (χ4v) is 2.60. The Kier molecular flexibility index (Phi) is 5.50. The summed E-state index contributed by atoms with van der Waals surface area (Å²) < 4.78 is 5.35. The van der Waals surface area contributed by atoms with Crippen molar-refractivity contribution in [3.05, 3.63) is 46.2 Å². The summed E-state index contributed by atoms with van der Waals surface area (Å²) in [5.74, 6) is 1.49. The van der Waals surface area contributed by atoms with E-state index in [2.05, 4.69) is 25.4 Å². The summed E-state index contributed by atoms with van der Waals surface area (Å²) in [4.78, 5) is 10.7. The smallest absolute Gasteiger partial charge is 0.151 e. The van der Waals surface area contributed by atoms with Crippen molar-refractivity contribution in [2.24, 2.45) is 5.10 Å². The number of anilines is 2. The molecule has 0 amide bonds. The van der Waals surface area contributed by atoms with Gasteiger partial charge in [-0.2, -0.15) is 5.10 Å². The largest absolute Gasteiger partial charge is 0.378 e. The monoisotopic (exact) mass is 365 g/mol. The Morgan fingerprint density at radius 1 is 1.17 bits per heavy atom. The van der Waals surface area contributed by atoms with E-state index >= 15 is 0 Å². The molecule has 8 heteroatoms. The highest BCUT2D eigenvalue weighted by Crippen LogP contribution is 2.23. The van der Waals surface area contributed by atoms with Gasteiger partial charge in [-0.05, 0) is 24.6 Å². The number of halogens is 2. The van der Waals surface area contributed by atoms with Crippen molar-refractivity contribution >= 4 is 40.5 Å². The zero-order chi connectivity index (χ0) is 16.9. The van der Waals surface area contributed by atoms with Gasteiger partial charge in [0, 0.05) is 19.2 Å². The zero-order valence-corrected chi connectivity index (χ0v) is 14.7. The van der Waals surface area contributed by atoms with Gasteiger partial charge in [0.15, 0.2) is 5.82 Å². The van der Waals surface area contributed by atoms with Crippen LogP contribution >= 0.6 is 23.2 Å². The van der Waals surface area contributed by atoms with Gasteiger partial charge < -0.3 is 9.64 Å². The average molecular weight is 366 g/mol. The first-order valence-corrected chi connectivity index (χ1v) is 8.29. The SMILES string of the molecule is C/C(=N\Nc1cc(N2CCOCC2)ncn1)c1ccc(Cl)c(Cl)c1. The van der Waals surface area contributed by atoms with E-state index in [1.807, 2.05) is 19.1 Å². The van der Waals surface area contributed by atoms with Gasteiger partial charge in [-0.1, -0.05) is 29.3 Å². The van der Waals surface area contributed by atoms with Crippen LogP contribution in [0.25, 0.3) is 0 Å². The molecule has 1 aromatic carbocycles. The number of rotatable bonds is 4. The second-order valence-electron chi connectivity index (χ2n) is 5.30. The molecule has 1 aliphatic heterocycles. The number of ether oxygens (including phenoxy) is 1. The Bertz CT molecular complexity index is 747. The fourth-order valence-electron chi connectivity index (χ4n) is 2.30.